The van der Waals surface area contributed by atoms with E-state index in [1.807, 2.05) is 54.6 Å². The average Bonchev–Trinajstić information content (AvgIpc) is 2.52. The Balaban J connectivity index is 1.82. The second-order valence-corrected chi connectivity index (χ2v) is 6.47. The Labute approximate surface area is 136 Å². The van der Waals surface area contributed by atoms with Gasteiger partial charge in [-0.3, -0.25) is 9.59 Å². The number of benzene rings is 2. The van der Waals surface area contributed by atoms with Crippen LogP contribution in [0.15, 0.2) is 54.6 Å². The van der Waals surface area contributed by atoms with Crippen molar-refractivity contribution >= 4 is 23.2 Å². The molecule has 1 aliphatic heterocycles. The monoisotopic (exact) mass is 308 g/mol. The number of amides is 2. The Bertz CT molecular complexity index is 738. The van der Waals surface area contributed by atoms with Crippen molar-refractivity contribution in [3.63, 3.8) is 0 Å². The molecule has 0 saturated carbocycles. The van der Waals surface area contributed by atoms with Crippen molar-refractivity contribution in [2.75, 3.05) is 16.8 Å². The number of fused-ring (bicyclic) bond motifs is 1. The van der Waals surface area contributed by atoms with Crippen LogP contribution < -0.4 is 10.2 Å². The van der Waals surface area contributed by atoms with E-state index in [-0.39, 0.29) is 23.8 Å². The molecule has 4 nitrogen and oxygen atoms in total. The Kier molecular flexibility index (Phi) is 3.90. The first-order chi connectivity index (χ1) is 11.0. The Morgan fingerprint density at radius 1 is 1.09 bits per heavy atom. The standard InChI is InChI=1S/C19H20N2O2/c1-19(2)12-18(23)21(16-11-7-6-10-15(16)19)13-17(22)20-14-8-4-3-5-9-14/h3-11H,12-13H2,1-2H3,(H,20,22). The summed E-state index contributed by atoms with van der Waals surface area (Å²) in [6.07, 6.45) is 0.405. The fourth-order valence-corrected chi connectivity index (χ4v) is 3.02. The van der Waals surface area contributed by atoms with Crippen LogP contribution in [-0.4, -0.2) is 18.4 Å². The molecule has 0 atom stereocenters. The lowest BCUT2D eigenvalue weighted by Gasteiger charge is -2.38. The Morgan fingerprint density at radius 2 is 1.74 bits per heavy atom. The van der Waals surface area contributed by atoms with Crippen molar-refractivity contribution in [2.24, 2.45) is 0 Å². The molecule has 1 N–H and O–H groups in total. The third-order valence-corrected chi connectivity index (χ3v) is 4.18. The third-order valence-electron chi connectivity index (χ3n) is 4.18. The van der Waals surface area contributed by atoms with E-state index in [2.05, 4.69) is 19.2 Å². The number of carbonyl (C=O) groups is 2. The lowest BCUT2D eigenvalue weighted by atomic mass is 9.77. The number of hydrogen-bond acceptors (Lipinski definition) is 2. The van der Waals surface area contributed by atoms with E-state index in [1.54, 1.807) is 4.90 Å². The molecule has 0 fully saturated rings. The van der Waals surface area contributed by atoms with Gasteiger partial charge in [0.25, 0.3) is 0 Å². The predicted octanol–water partition coefficient (Wildman–Crippen LogP) is 3.34. The topological polar surface area (TPSA) is 49.4 Å². The smallest absolute Gasteiger partial charge is 0.244 e. The van der Waals surface area contributed by atoms with Crippen LogP contribution in [0.1, 0.15) is 25.8 Å². The van der Waals surface area contributed by atoms with E-state index >= 15 is 0 Å². The molecule has 1 heterocycles. The van der Waals surface area contributed by atoms with Crippen LogP contribution in [-0.2, 0) is 15.0 Å². The van der Waals surface area contributed by atoms with E-state index in [9.17, 15) is 9.59 Å². The van der Waals surface area contributed by atoms with E-state index in [0.717, 1.165) is 16.9 Å². The minimum Gasteiger partial charge on any atom is -0.325 e. The zero-order valence-electron chi connectivity index (χ0n) is 13.4. The largest absolute Gasteiger partial charge is 0.325 e. The summed E-state index contributed by atoms with van der Waals surface area (Å²) in [4.78, 5) is 26.4. The van der Waals surface area contributed by atoms with Gasteiger partial charge in [-0.2, -0.15) is 0 Å². The normalized spacial score (nSPS) is 15.9. The van der Waals surface area contributed by atoms with Crippen LogP contribution in [0.25, 0.3) is 0 Å². The highest BCUT2D eigenvalue weighted by Gasteiger charge is 2.36. The lowest BCUT2D eigenvalue weighted by Crippen LogP contribution is -2.45. The average molecular weight is 308 g/mol. The van der Waals surface area contributed by atoms with E-state index in [4.69, 9.17) is 0 Å². The molecule has 0 unspecified atom stereocenters. The maximum absolute atomic E-state index is 12.5. The number of rotatable bonds is 3. The molecule has 0 aromatic heterocycles. The molecule has 2 aromatic carbocycles. The van der Waals surface area contributed by atoms with Gasteiger partial charge in [0, 0.05) is 23.2 Å². The van der Waals surface area contributed by atoms with Gasteiger partial charge in [0.1, 0.15) is 6.54 Å². The van der Waals surface area contributed by atoms with Crippen molar-refractivity contribution in [3.05, 3.63) is 60.2 Å². The molecule has 0 saturated heterocycles. The summed E-state index contributed by atoms with van der Waals surface area (Å²) >= 11 is 0. The molecule has 4 heteroatoms. The highest BCUT2D eigenvalue weighted by atomic mass is 16.2. The second-order valence-electron chi connectivity index (χ2n) is 6.47. The van der Waals surface area contributed by atoms with Gasteiger partial charge in [-0.1, -0.05) is 50.2 Å². The summed E-state index contributed by atoms with van der Waals surface area (Å²) in [6.45, 7) is 4.15. The zero-order valence-corrected chi connectivity index (χ0v) is 13.4. The quantitative estimate of drug-likeness (QED) is 0.945. The van der Waals surface area contributed by atoms with Gasteiger partial charge in [-0.15, -0.1) is 0 Å². The number of carbonyl (C=O) groups excluding carboxylic acids is 2. The molecule has 2 aromatic rings. The van der Waals surface area contributed by atoms with Crippen molar-refractivity contribution in [2.45, 2.75) is 25.7 Å². The first-order valence-corrected chi connectivity index (χ1v) is 7.72. The summed E-state index contributed by atoms with van der Waals surface area (Å²) in [6, 6.07) is 17.1. The van der Waals surface area contributed by atoms with Gasteiger partial charge in [0.05, 0.1) is 0 Å². The first kappa shape index (κ1) is 15.3. The van der Waals surface area contributed by atoms with Crippen molar-refractivity contribution in [1.29, 1.82) is 0 Å². The summed E-state index contributed by atoms with van der Waals surface area (Å²) in [7, 11) is 0. The van der Waals surface area contributed by atoms with Crippen LogP contribution in [0.2, 0.25) is 0 Å². The summed E-state index contributed by atoms with van der Waals surface area (Å²) in [5.74, 6) is -0.212. The lowest BCUT2D eigenvalue weighted by molar-refractivity contribution is -0.122. The minimum atomic E-state index is -0.208. The number of anilines is 2. The van der Waals surface area contributed by atoms with Gasteiger partial charge >= 0.3 is 0 Å². The number of hydrogen-bond donors (Lipinski definition) is 1. The van der Waals surface area contributed by atoms with Crippen LogP contribution in [0, 0.1) is 0 Å². The predicted molar refractivity (Wildman–Crippen MR) is 91.5 cm³/mol. The van der Waals surface area contributed by atoms with Crippen molar-refractivity contribution < 1.29 is 9.59 Å². The third kappa shape index (κ3) is 3.11. The number of nitrogens with one attached hydrogen (secondary N) is 1. The molecule has 0 bridgehead atoms. The SMILES string of the molecule is CC1(C)CC(=O)N(CC(=O)Nc2ccccc2)c2ccccc21. The van der Waals surface area contributed by atoms with E-state index < -0.39 is 0 Å². The van der Waals surface area contributed by atoms with Crippen LogP contribution in [0.4, 0.5) is 11.4 Å². The van der Waals surface area contributed by atoms with Gasteiger partial charge in [-0.05, 0) is 23.8 Å². The van der Waals surface area contributed by atoms with Crippen molar-refractivity contribution in [3.8, 4) is 0 Å². The van der Waals surface area contributed by atoms with Crippen molar-refractivity contribution in [1.82, 2.24) is 0 Å². The molecule has 0 spiro atoms. The fraction of sp³-hybridized carbons (Fsp3) is 0.263. The van der Waals surface area contributed by atoms with E-state index in [0.29, 0.717) is 6.42 Å². The highest BCUT2D eigenvalue weighted by Crippen LogP contribution is 2.39. The molecule has 0 aliphatic carbocycles. The molecule has 0 radical (unpaired) electrons. The molecule has 118 valence electrons. The number of para-hydroxylation sites is 2. The second kappa shape index (κ2) is 5.88. The van der Waals surface area contributed by atoms with Crippen LogP contribution in [0.3, 0.4) is 0 Å². The summed E-state index contributed by atoms with van der Waals surface area (Å²) in [5, 5.41) is 2.83. The van der Waals surface area contributed by atoms with Crippen LogP contribution >= 0.6 is 0 Å². The first-order valence-electron chi connectivity index (χ1n) is 7.72. The van der Waals surface area contributed by atoms with Gasteiger partial charge in [0.2, 0.25) is 11.8 Å². The highest BCUT2D eigenvalue weighted by molar-refractivity contribution is 6.04. The maximum atomic E-state index is 12.5. The molecule has 2 amide bonds. The molecule has 3 rings (SSSR count). The van der Waals surface area contributed by atoms with E-state index in [1.165, 1.54) is 0 Å². The summed E-state index contributed by atoms with van der Waals surface area (Å²) < 4.78 is 0. The van der Waals surface area contributed by atoms with Crippen LogP contribution in [0.5, 0.6) is 0 Å². The zero-order chi connectivity index (χ0) is 16.4. The maximum Gasteiger partial charge on any atom is 0.244 e. The molecule has 1 aliphatic rings. The fourth-order valence-electron chi connectivity index (χ4n) is 3.02. The van der Waals surface area contributed by atoms with Gasteiger partial charge in [0.15, 0.2) is 0 Å². The molecular formula is C19H20N2O2. The summed E-state index contributed by atoms with van der Waals surface area (Å²) in [5.41, 5.74) is 2.46. The van der Waals surface area contributed by atoms with Gasteiger partial charge < -0.3 is 10.2 Å². The molecule has 23 heavy (non-hydrogen) atoms. The Hall–Kier alpha value is -2.62. The molecular weight excluding hydrogens is 288 g/mol. The van der Waals surface area contributed by atoms with Gasteiger partial charge in [-0.25, -0.2) is 0 Å². The number of nitrogens with zero attached hydrogens (tertiary/aromatic N) is 1. The Morgan fingerprint density at radius 3 is 2.48 bits per heavy atom. The minimum absolute atomic E-state index is 0.0167.